The molecule has 0 saturated heterocycles. The fourth-order valence-corrected chi connectivity index (χ4v) is 2.27. The molecule has 0 heterocycles. The summed E-state index contributed by atoms with van der Waals surface area (Å²) in [4.78, 5) is 0. The number of hydrogen-bond acceptors (Lipinski definition) is 2. The van der Waals surface area contributed by atoms with E-state index in [1.165, 1.54) is 6.07 Å². The first-order valence-corrected chi connectivity index (χ1v) is 6.66. The van der Waals surface area contributed by atoms with Gasteiger partial charge in [0.1, 0.15) is 5.82 Å². The summed E-state index contributed by atoms with van der Waals surface area (Å²) in [5.74, 6) is -0.184. The van der Waals surface area contributed by atoms with Crippen LogP contribution in [0, 0.1) is 12.7 Å². The minimum Gasteiger partial charge on any atom is -0.379 e. The van der Waals surface area contributed by atoms with Crippen LogP contribution in [0.3, 0.4) is 0 Å². The highest BCUT2D eigenvalue weighted by Gasteiger charge is 2.22. The smallest absolute Gasteiger partial charge is 0.123 e. The minimum absolute atomic E-state index is 0.112. The number of hydrogen-bond donors (Lipinski definition) is 1. The second-order valence-corrected chi connectivity index (χ2v) is 4.62. The van der Waals surface area contributed by atoms with Crippen LogP contribution < -0.4 is 5.32 Å². The maximum absolute atomic E-state index is 13.2. The molecule has 0 saturated carbocycles. The Labute approximate surface area is 110 Å². The third-order valence-electron chi connectivity index (χ3n) is 3.26. The van der Waals surface area contributed by atoms with Gasteiger partial charge in [0.2, 0.25) is 0 Å². The van der Waals surface area contributed by atoms with Crippen LogP contribution in [0.25, 0.3) is 0 Å². The van der Waals surface area contributed by atoms with E-state index in [0.717, 1.165) is 30.5 Å². The molecule has 1 aromatic rings. The van der Waals surface area contributed by atoms with Crippen molar-refractivity contribution in [2.24, 2.45) is 0 Å². The molecular formula is C15H24FNO. The molecule has 2 nitrogen and oxygen atoms in total. The van der Waals surface area contributed by atoms with Crippen LogP contribution in [-0.2, 0) is 4.74 Å². The summed E-state index contributed by atoms with van der Waals surface area (Å²) in [5, 5.41) is 3.50. The minimum atomic E-state index is -0.184. The van der Waals surface area contributed by atoms with Gasteiger partial charge in [-0.2, -0.15) is 0 Å². The maximum atomic E-state index is 13.2. The molecule has 0 radical (unpaired) electrons. The summed E-state index contributed by atoms with van der Waals surface area (Å²) in [6, 6.07) is 5.09. The van der Waals surface area contributed by atoms with Crippen LogP contribution in [0.1, 0.15) is 43.9 Å². The van der Waals surface area contributed by atoms with Crippen molar-refractivity contribution in [2.45, 2.75) is 45.8 Å². The van der Waals surface area contributed by atoms with Crippen LogP contribution in [0.5, 0.6) is 0 Å². The molecule has 3 heteroatoms. The van der Waals surface area contributed by atoms with Crippen molar-refractivity contribution in [1.29, 1.82) is 0 Å². The number of rotatable bonds is 7. The van der Waals surface area contributed by atoms with E-state index in [0.29, 0.717) is 0 Å². The van der Waals surface area contributed by atoms with E-state index in [-0.39, 0.29) is 18.0 Å². The molecule has 0 spiro atoms. The van der Waals surface area contributed by atoms with E-state index in [2.05, 4.69) is 19.2 Å². The highest BCUT2D eigenvalue weighted by atomic mass is 19.1. The molecule has 18 heavy (non-hydrogen) atoms. The Morgan fingerprint density at radius 1 is 1.33 bits per heavy atom. The Balaban J connectivity index is 3.00. The van der Waals surface area contributed by atoms with Crippen molar-refractivity contribution < 1.29 is 9.13 Å². The molecule has 0 amide bonds. The molecule has 0 aliphatic carbocycles. The topological polar surface area (TPSA) is 21.3 Å². The van der Waals surface area contributed by atoms with Crippen LogP contribution in [0.2, 0.25) is 0 Å². The van der Waals surface area contributed by atoms with E-state index in [9.17, 15) is 4.39 Å². The molecule has 0 aromatic heterocycles. The molecule has 1 aromatic carbocycles. The van der Waals surface area contributed by atoms with E-state index in [1.54, 1.807) is 13.2 Å². The Bertz CT molecular complexity index is 364. The van der Waals surface area contributed by atoms with E-state index >= 15 is 0 Å². The van der Waals surface area contributed by atoms with Gasteiger partial charge in [0, 0.05) is 7.11 Å². The molecule has 0 aliphatic rings. The average molecular weight is 253 g/mol. The molecule has 2 unspecified atom stereocenters. The van der Waals surface area contributed by atoms with Gasteiger partial charge in [-0.25, -0.2) is 4.39 Å². The van der Waals surface area contributed by atoms with Gasteiger partial charge in [-0.1, -0.05) is 19.9 Å². The lowest BCUT2D eigenvalue weighted by atomic mass is 9.95. The SMILES string of the molecule is CCCNC(c1ccc(F)cc1C)C(CC)OC. The zero-order valence-corrected chi connectivity index (χ0v) is 11.8. The number of nitrogens with one attached hydrogen (secondary N) is 1. The fourth-order valence-electron chi connectivity index (χ4n) is 2.27. The van der Waals surface area contributed by atoms with Crippen LogP contribution in [0.15, 0.2) is 18.2 Å². The molecule has 1 rings (SSSR count). The largest absolute Gasteiger partial charge is 0.379 e. The van der Waals surface area contributed by atoms with E-state index in [1.807, 2.05) is 13.0 Å². The van der Waals surface area contributed by atoms with Gasteiger partial charge in [-0.05, 0) is 49.6 Å². The molecule has 2 atom stereocenters. The van der Waals surface area contributed by atoms with Gasteiger partial charge in [-0.3, -0.25) is 0 Å². The number of aryl methyl sites for hydroxylation is 1. The third kappa shape index (κ3) is 3.79. The quantitative estimate of drug-likeness (QED) is 0.801. The predicted molar refractivity (Wildman–Crippen MR) is 73.3 cm³/mol. The predicted octanol–water partition coefficient (Wildman–Crippen LogP) is 3.60. The number of methoxy groups -OCH3 is 1. The van der Waals surface area contributed by atoms with Crippen molar-refractivity contribution in [1.82, 2.24) is 5.32 Å². The Kier molecular flexibility index (Phi) is 6.30. The van der Waals surface area contributed by atoms with Gasteiger partial charge in [0.25, 0.3) is 0 Å². The zero-order chi connectivity index (χ0) is 13.5. The molecule has 0 bridgehead atoms. The Hall–Kier alpha value is -0.930. The molecule has 102 valence electrons. The monoisotopic (exact) mass is 253 g/mol. The number of ether oxygens (including phenoxy) is 1. The normalized spacial score (nSPS) is 14.5. The second kappa shape index (κ2) is 7.49. The molecule has 0 aliphatic heterocycles. The lowest BCUT2D eigenvalue weighted by Crippen LogP contribution is -2.34. The summed E-state index contributed by atoms with van der Waals surface area (Å²) in [7, 11) is 1.73. The van der Waals surface area contributed by atoms with E-state index in [4.69, 9.17) is 4.74 Å². The van der Waals surface area contributed by atoms with Gasteiger partial charge < -0.3 is 10.1 Å². The standard InChI is InChI=1S/C15H24FNO/c1-5-9-17-15(14(6-2)18-4)13-8-7-12(16)10-11(13)3/h7-8,10,14-15,17H,5-6,9H2,1-4H3. The third-order valence-corrected chi connectivity index (χ3v) is 3.26. The summed E-state index contributed by atoms with van der Waals surface area (Å²) in [6.45, 7) is 7.12. The lowest BCUT2D eigenvalue weighted by molar-refractivity contribution is 0.0648. The molecule has 1 N–H and O–H groups in total. The number of benzene rings is 1. The van der Waals surface area contributed by atoms with Gasteiger partial charge in [0.15, 0.2) is 0 Å². The lowest BCUT2D eigenvalue weighted by Gasteiger charge is -2.28. The van der Waals surface area contributed by atoms with Crippen molar-refractivity contribution >= 4 is 0 Å². The van der Waals surface area contributed by atoms with Crippen LogP contribution in [-0.4, -0.2) is 19.8 Å². The van der Waals surface area contributed by atoms with Crippen LogP contribution in [0.4, 0.5) is 4.39 Å². The van der Waals surface area contributed by atoms with Crippen LogP contribution >= 0.6 is 0 Å². The highest BCUT2D eigenvalue weighted by Crippen LogP contribution is 2.25. The fraction of sp³-hybridized carbons (Fsp3) is 0.600. The van der Waals surface area contributed by atoms with Crippen molar-refractivity contribution in [3.05, 3.63) is 35.1 Å². The number of halogens is 1. The van der Waals surface area contributed by atoms with Gasteiger partial charge >= 0.3 is 0 Å². The average Bonchev–Trinajstić information content (AvgIpc) is 2.35. The summed E-state index contributed by atoms with van der Waals surface area (Å²) >= 11 is 0. The van der Waals surface area contributed by atoms with E-state index < -0.39 is 0 Å². The van der Waals surface area contributed by atoms with Crippen molar-refractivity contribution in [3.63, 3.8) is 0 Å². The Morgan fingerprint density at radius 2 is 2.06 bits per heavy atom. The summed E-state index contributed by atoms with van der Waals surface area (Å²) in [6.07, 6.45) is 2.10. The second-order valence-electron chi connectivity index (χ2n) is 4.62. The van der Waals surface area contributed by atoms with Gasteiger partial charge in [0.05, 0.1) is 12.1 Å². The summed E-state index contributed by atoms with van der Waals surface area (Å²) in [5.41, 5.74) is 2.10. The Morgan fingerprint density at radius 3 is 2.56 bits per heavy atom. The first-order chi connectivity index (χ1) is 8.63. The molecule has 0 fully saturated rings. The summed E-state index contributed by atoms with van der Waals surface area (Å²) < 4.78 is 18.7. The van der Waals surface area contributed by atoms with Gasteiger partial charge in [-0.15, -0.1) is 0 Å². The van der Waals surface area contributed by atoms with Crippen molar-refractivity contribution in [3.8, 4) is 0 Å². The highest BCUT2D eigenvalue weighted by molar-refractivity contribution is 5.30. The maximum Gasteiger partial charge on any atom is 0.123 e. The first-order valence-electron chi connectivity index (χ1n) is 6.66. The zero-order valence-electron chi connectivity index (χ0n) is 11.8. The first kappa shape index (κ1) is 15.1. The molecular weight excluding hydrogens is 229 g/mol. The van der Waals surface area contributed by atoms with Crippen molar-refractivity contribution in [2.75, 3.05) is 13.7 Å².